The second-order valence-electron chi connectivity index (χ2n) is 7.36. The Morgan fingerprint density at radius 3 is 2.28 bits per heavy atom. The third kappa shape index (κ3) is 7.92. The molecule has 2 rings (SSSR count). The number of unbranched alkanes of at least 4 members (excludes halogenated alkanes) is 1. The van der Waals surface area contributed by atoms with Crippen LogP contribution in [0.3, 0.4) is 0 Å². The minimum Gasteiger partial charge on any atom is -0.508 e. The Hall–Kier alpha value is -3.59. The third-order valence-electron chi connectivity index (χ3n) is 4.90. The van der Waals surface area contributed by atoms with Gasteiger partial charge < -0.3 is 31.3 Å². The van der Waals surface area contributed by atoms with E-state index < -0.39 is 24.0 Å². The smallest absolute Gasteiger partial charge is 0.326 e. The molecule has 2 amide bonds. The molecule has 9 heteroatoms. The van der Waals surface area contributed by atoms with E-state index in [4.69, 9.17) is 10.5 Å². The number of amides is 2. The van der Waals surface area contributed by atoms with Crippen LogP contribution in [0.5, 0.6) is 11.5 Å². The molecule has 0 radical (unpaired) electrons. The van der Waals surface area contributed by atoms with Crippen LogP contribution < -0.4 is 21.1 Å². The Morgan fingerprint density at radius 1 is 1.03 bits per heavy atom. The Balaban J connectivity index is 1.73. The summed E-state index contributed by atoms with van der Waals surface area (Å²) < 4.78 is 5.05. The molecule has 2 aromatic rings. The summed E-state index contributed by atoms with van der Waals surface area (Å²) in [4.78, 5) is 35.9. The predicted molar refractivity (Wildman–Crippen MR) is 119 cm³/mol. The molecule has 0 saturated heterocycles. The SMILES string of the molecule is COc1ccc(C(=O)NCCCC[C@@H](NC(=O)[C@@H](N)Cc2ccc(O)cc2)C(=O)O)cc1. The lowest BCUT2D eigenvalue weighted by Crippen LogP contribution is -2.49. The molecule has 0 aliphatic carbocycles. The van der Waals surface area contributed by atoms with Gasteiger partial charge in [0, 0.05) is 12.1 Å². The van der Waals surface area contributed by atoms with Crippen LogP contribution in [0.2, 0.25) is 0 Å². The first-order valence-corrected chi connectivity index (χ1v) is 10.3. The average molecular weight is 444 g/mol. The molecule has 172 valence electrons. The van der Waals surface area contributed by atoms with E-state index in [-0.39, 0.29) is 24.5 Å². The first-order valence-electron chi connectivity index (χ1n) is 10.3. The summed E-state index contributed by atoms with van der Waals surface area (Å²) >= 11 is 0. The van der Waals surface area contributed by atoms with E-state index in [1.165, 1.54) is 12.1 Å². The molecule has 0 heterocycles. The normalized spacial score (nSPS) is 12.4. The molecule has 0 fully saturated rings. The lowest BCUT2D eigenvalue weighted by atomic mass is 10.0. The zero-order chi connectivity index (χ0) is 23.5. The summed E-state index contributed by atoms with van der Waals surface area (Å²) in [7, 11) is 1.55. The summed E-state index contributed by atoms with van der Waals surface area (Å²) in [5.74, 6) is -1.16. The standard InChI is InChI=1S/C23H29N3O6/c1-32-18-11-7-16(8-12-18)21(28)25-13-3-2-4-20(23(30)31)26-22(29)19(24)14-15-5-9-17(27)10-6-15/h5-12,19-20,27H,2-4,13-14,24H2,1H3,(H,25,28)(H,26,29)(H,30,31)/t19-,20+/m0/s1. The number of hydrogen-bond donors (Lipinski definition) is 5. The number of aliphatic carboxylic acids is 1. The molecule has 32 heavy (non-hydrogen) atoms. The van der Waals surface area contributed by atoms with Crippen molar-refractivity contribution in [3.63, 3.8) is 0 Å². The van der Waals surface area contributed by atoms with Crippen molar-refractivity contribution in [2.24, 2.45) is 5.73 Å². The number of carbonyl (C=O) groups excluding carboxylic acids is 2. The van der Waals surface area contributed by atoms with E-state index in [2.05, 4.69) is 10.6 Å². The number of methoxy groups -OCH3 is 1. The Kier molecular flexibility index (Phi) is 9.49. The van der Waals surface area contributed by atoms with Crippen molar-refractivity contribution < 1.29 is 29.3 Å². The zero-order valence-corrected chi connectivity index (χ0v) is 17.9. The van der Waals surface area contributed by atoms with Crippen LogP contribution in [-0.4, -0.2) is 53.7 Å². The van der Waals surface area contributed by atoms with Gasteiger partial charge in [-0.05, 0) is 67.6 Å². The molecule has 0 unspecified atom stereocenters. The first-order chi connectivity index (χ1) is 15.3. The fourth-order valence-corrected chi connectivity index (χ4v) is 3.03. The zero-order valence-electron chi connectivity index (χ0n) is 17.9. The quantitative estimate of drug-likeness (QED) is 0.311. The van der Waals surface area contributed by atoms with Gasteiger partial charge in [0.25, 0.3) is 5.91 Å². The Bertz CT molecular complexity index is 899. The number of rotatable bonds is 12. The monoisotopic (exact) mass is 443 g/mol. The van der Waals surface area contributed by atoms with Crippen molar-refractivity contribution in [3.05, 3.63) is 59.7 Å². The summed E-state index contributed by atoms with van der Waals surface area (Å²) in [5.41, 5.74) is 7.15. The number of ether oxygens (including phenoxy) is 1. The number of nitrogens with one attached hydrogen (secondary N) is 2. The fourth-order valence-electron chi connectivity index (χ4n) is 3.03. The van der Waals surface area contributed by atoms with Gasteiger partial charge in [-0.25, -0.2) is 4.79 Å². The highest BCUT2D eigenvalue weighted by Gasteiger charge is 2.23. The van der Waals surface area contributed by atoms with Crippen LogP contribution in [0.1, 0.15) is 35.2 Å². The second-order valence-corrected chi connectivity index (χ2v) is 7.36. The number of aromatic hydroxyl groups is 1. The summed E-state index contributed by atoms with van der Waals surface area (Å²) in [6.45, 7) is 0.380. The van der Waals surface area contributed by atoms with Crippen LogP contribution >= 0.6 is 0 Å². The van der Waals surface area contributed by atoms with Crippen molar-refractivity contribution in [2.45, 2.75) is 37.8 Å². The maximum absolute atomic E-state index is 12.3. The fraction of sp³-hybridized carbons (Fsp3) is 0.348. The third-order valence-corrected chi connectivity index (χ3v) is 4.90. The van der Waals surface area contributed by atoms with Crippen LogP contribution in [0.25, 0.3) is 0 Å². The van der Waals surface area contributed by atoms with Gasteiger partial charge in [0.05, 0.1) is 13.2 Å². The van der Waals surface area contributed by atoms with Gasteiger partial charge in [-0.2, -0.15) is 0 Å². The highest BCUT2D eigenvalue weighted by atomic mass is 16.5. The van der Waals surface area contributed by atoms with Gasteiger partial charge >= 0.3 is 5.97 Å². The number of phenolic OH excluding ortho intramolecular Hbond substituents is 1. The number of carboxylic acid groups (broad SMARTS) is 1. The molecule has 0 spiro atoms. The van der Waals surface area contributed by atoms with Gasteiger partial charge in [0.15, 0.2) is 0 Å². The van der Waals surface area contributed by atoms with Gasteiger partial charge in [-0.1, -0.05) is 12.1 Å². The Labute approximate surface area is 186 Å². The molecule has 6 N–H and O–H groups in total. The van der Waals surface area contributed by atoms with E-state index in [9.17, 15) is 24.6 Å². The Morgan fingerprint density at radius 2 is 1.69 bits per heavy atom. The largest absolute Gasteiger partial charge is 0.508 e. The maximum Gasteiger partial charge on any atom is 0.326 e. The molecule has 0 aliphatic rings. The van der Waals surface area contributed by atoms with E-state index in [1.807, 2.05) is 0 Å². The highest BCUT2D eigenvalue weighted by Crippen LogP contribution is 2.12. The van der Waals surface area contributed by atoms with Crippen LogP contribution in [0, 0.1) is 0 Å². The molecule has 0 aliphatic heterocycles. The van der Waals surface area contributed by atoms with Gasteiger partial charge in [-0.3, -0.25) is 9.59 Å². The summed E-state index contributed by atoms with van der Waals surface area (Å²) in [5, 5.41) is 24.0. The maximum atomic E-state index is 12.3. The number of nitrogens with two attached hydrogens (primary N) is 1. The molecule has 2 aromatic carbocycles. The van der Waals surface area contributed by atoms with E-state index >= 15 is 0 Å². The molecule has 0 bridgehead atoms. The van der Waals surface area contributed by atoms with Gasteiger partial charge in [-0.15, -0.1) is 0 Å². The van der Waals surface area contributed by atoms with Crippen molar-refractivity contribution >= 4 is 17.8 Å². The molecule has 2 atom stereocenters. The van der Waals surface area contributed by atoms with Crippen LogP contribution in [0.15, 0.2) is 48.5 Å². The van der Waals surface area contributed by atoms with Crippen molar-refractivity contribution in [1.82, 2.24) is 10.6 Å². The molecular weight excluding hydrogens is 414 g/mol. The van der Waals surface area contributed by atoms with E-state index in [0.717, 1.165) is 5.56 Å². The van der Waals surface area contributed by atoms with Crippen molar-refractivity contribution in [3.8, 4) is 11.5 Å². The molecular formula is C23H29N3O6. The van der Waals surface area contributed by atoms with Crippen molar-refractivity contribution in [1.29, 1.82) is 0 Å². The number of benzene rings is 2. The molecule has 0 saturated carbocycles. The lowest BCUT2D eigenvalue weighted by molar-refractivity contribution is -0.142. The van der Waals surface area contributed by atoms with Crippen LogP contribution in [-0.2, 0) is 16.0 Å². The first kappa shape index (κ1) is 24.7. The van der Waals surface area contributed by atoms with E-state index in [0.29, 0.717) is 30.7 Å². The predicted octanol–water partition coefficient (Wildman–Crippen LogP) is 1.44. The topological polar surface area (TPSA) is 151 Å². The van der Waals surface area contributed by atoms with Crippen molar-refractivity contribution in [2.75, 3.05) is 13.7 Å². The number of hydrogen-bond acceptors (Lipinski definition) is 6. The summed E-state index contributed by atoms with van der Waals surface area (Å²) in [6.07, 6.45) is 1.48. The van der Waals surface area contributed by atoms with Crippen LogP contribution in [0.4, 0.5) is 0 Å². The highest BCUT2D eigenvalue weighted by molar-refractivity contribution is 5.94. The minimum atomic E-state index is -1.14. The molecule has 9 nitrogen and oxygen atoms in total. The summed E-state index contributed by atoms with van der Waals surface area (Å²) in [6, 6.07) is 11.0. The minimum absolute atomic E-state index is 0.109. The van der Waals surface area contributed by atoms with E-state index in [1.54, 1.807) is 43.5 Å². The molecule has 0 aromatic heterocycles. The number of carboxylic acids is 1. The number of phenols is 1. The van der Waals surface area contributed by atoms with Gasteiger partial charge in [0.2, 0.25) is 5.91 Å². The average Bonchev–Trinajstić information content (AvgIpc) is 2.79. The number of carbonyl (C=O) groups is 3. The second kappa shape index (κ2) is 12.3. The lowest BCUT2D eigenvalue weighted by Gasteiger charge is -2.18. The van der Waals surface area contributed by atoms with Gasteiger partial charge in [0.1, 0.15) is 17.5 Å².